The van der Waals surface area contributed by atoms with E-state index in [1.807, 2.05) is 0 Å². The van der Waals surface area contributed by atoms with Crippen molar-refractivity contribution < 1.29 is 23.1 Å². The summed E-state index contributed by atoms with van der Waals surface area (Å²) in [4.78, 5) is 10.5. The molecule has 0 aliphatic heterocycles. The largest absolute Gasteiger partial charge is 0.478 e. The number of anilines is 1. The molecule has 0 aliphatic carbocycles. The molecule has 0 aromatic heterocycles. The quantitative estimate of drug-likeness (QED) is 0.819. The van der Waals surface area contributed by atoms with E-state index in [9.17, 15) is 18.0 Å². The Morgan fingerprint density at radius 1 is 1.47 bits per heavy atom. The number of benzene rings is 1. The van der Waals surface area contributed by atoms with Crippen LogP contribution in [0, 0.1) is 0 Å². The summed E-state index contributed by atoms with van der Waals surface area (Å²) in [6.45, 7) is 1.37. The smallest absolute Gasteiger partial charge is 0.418 e. The lowest BCUT2D eigenvalue weighted by molar-refractivity contribution is -0.137. The van der Waals surface area contributed by atoms with Gasteiger partial charge in [0, 0.05) is 22.3 Å². The third-order valence-electron chi connectivity index (χ3n) is 2.33. The first-order valence-corrected chi connectivity index (χ1v) is 6.02. The lowest BCUT2D eigenvalue weighted by Crippen LogP contribution is -2.11. The Bertz CT molecular complexity index is 512. The molecule has 1 aromatic rings. The average molecular weight is 338 g/mol. The van der Waals surface area contributed by atoms with Gasteiger partial charge in [0.15, 0.2) is 0 Å². The molecule has 0 atom stereocenters. The SMILES string of the molecule is C/C(=C/CNc1ccc(Br)cc1C(F)(F)F)C(=O)O. The fourth-order valence-corrected chi connectivity index (χ4v) is 1.67. The number of hydrogen-bond donors (Lipinski definition) is 2. The van der Waals surface area contributed by atoms with E-state index in [0.29, 0.717) is 4.47 Å². The molecule has 0 saturated carbocycles. The van der Waals surface area contributed by atoms with Gasteiger partial charge in [-0.25, -0.2) is 4.79 Å². The highest BCUT2D eigenvalue weighted by molar-refractivity contribution is 9.10. The molecule has 3 nitrogen and oxygen atoms in total. The van der Waals surface area contributed by atoms with Crippen molar-refractivity contribution in [2.75, 3.05) is 11.9 Å². The number of hydrogen-bond acceptors (Lipinski definition) is 2. The van der Waals surface area contributed by atoms with Gasteiger partial charge >= 0.3 is 12.1 Å². The van der Waals surface area contributed by atoms with Crippen molar-refractivity contribution in [3.8, 4) is 0 Å². The lowest BCUT2D eigenvalue weighted by atomic mass is 10.1. The Morgan fingerprint density at radius 3 is 2.63 bits per heavy atom. The van der Waals surface area contributed by atoms with Gasteiger partial charge in [-0.15, -0.1) is 0 Å². The molecule has 7 heteroatoms. The molecule has 104 valence electrons. The Labute approximate surface area is 116 Å². The highest BCUT2D eigenvalue weighted by Gasteiger charge is 2.33. The minimum Gasteiger partial charge on any atom is -0.478 e. The van der Waals surface area contributed by atoms with E-state index in [-0.39, 0.29) is 17.8 Å². The van der Waals surface area contributed by atoms with Gasteiger partial charge in [0.1, 0.15) is 0 Å². The summed E-state index contributed by atoms with van der Waals surface area (Å²) in [6, 6.07) is 3.73. The Balaban J connectivity index is 2.90. The predicted molar refractivity (Wildman–Crippen MR) is 69.0 cm³/mol. The molecule has 0 saturated heterocycles. The van der Waals surface area contributed by atoms with Gasteiger partial charge in [-0.1, -0.05) is 22.0 Å². The van der Waals surface area contributed by atoms with Crippen LogP contribution in [0.2, 0.25) is 0 Å². The highest BCUT2D eigenvalue weighted by Crippen LogP contribution is 2.36. The van der Waals surface area contributed by atoms with E-state index < -0.39 is 17.7 Å². The number of carbonyl (C=O) groups is 1. The van der Waals surface area contributed by atoms with Gasteiger partial charge in [0.2, 0.25) is 0 Å². The Morgan fingerprint density at radius 2 is 2.11 bits per heavy atom. The second-order valence-electron chi connectivity index (χ2n) is 3.76. The molecule has 1 rings (SSSR count). The van der Waals surface area contributed by atoms with Crippen LogP contribution in [0.1, 0.15) is 12.5 Å². The number of carboxylic acid groups (broad SMARTS) is 1. The van der Waals surface area contributed by atoms with Crippen LogP contribution in [0.5, 0.6) is 0 Å². The number of halogens is 4. The summed E-state index contributed by atoms with van der Waals surface area (Å²) < 4.78 is 38.6. The number of rotatable bonds is 4. The second-order valence-corrected chi connectivity index (χ2v) is 4.68. The second kappa shape index (κ2) is 6.10. The summed E-state index contributed by atoms with van der Waals surface area (Å²) in [7, 11) is 0. The molecule has 1 aromatic carbocycles. The van der Waals surface area contributed by atoms with Gasteiger partial charge in [0.05, 0.1) is 5.56 Å². The zero-order chi connectivity index (χ0) is 14.6. The fourth-order valence-electron chi connectivity index (χ4n) is 1.31. The van der Waals surface area contributed by atoms with Crippen LogP contribution in [-0.2, 0) is 11.0 Å². The molecule has 0 aliphatic rings. The lowest BCUT2D eigenvalue weighted by Gasteiger charge is -2.14. The first kappa shape index (κ1) is 15.6. The van der Waals surface area contributed by atoms with Crippen molar-refractivity contribution in [1.82, 2.24) is 0 Å². The summed E-state index contributed by atoms with van der Waals surface area (Å²) >= 11 is 2.98. The molecule has 2 N–H and O–H groups in total. The standard InChI is InChI=1S/C12H11BrF3NO2/c1-7(11(18)19)4-5-17-10-3-2-8(13)6-9(10)12(14,15)16/h2-4,6,17H,5H2,1H3,(H,18,19)/b7-4-. The maximum absolute atomic E-state index is 12.8. The Kier molecular flexibility index (Phi) is 4.99. The normalized spacial score (nSPS) is 12.4. The van der Waals surface area contributed by atoms with E-state index in [0.717, 1.165) is 6.07 Å². The van der Waals surface area contributed by atoms with Crippen LogP contribution in [0.3, 0.4) is 0 Å². The van der Waals surface area contributed by atoms with E-state index in [2.05, 4.69) is 21.2 Å². The molecule has 0 unspecified atom stereocenters. The van der Waals surface area contributed by atoms with E-state index >= 15 is 0 Å². The number of carboxylic acids is 1. The molecular formula is C12H11BrF3NO2. The maximum atomic E-state index is 12.8. The number of aliphatic carboxylic acids is 1. The zero-order valence-electron chi connectivity index (χ0n) is 9.88. The van der Waals surface area contributed by atoms with Gasteiger partial charge in [0.25, 0.3) is 0 Å². The van der Waals surface area contributed by atoms with Crippen LogP contribution < -0.4 is 5.32 Å². The van der Waals surface area contributed by atoms with Crippen molar-refractivity contribution in [2.24, 2.45) is 0 Å². The summed E-state index contributed by atoms with van der Waals surface area (Å²) in [5.74, 6) is -1.10. The van der Waals surface area contributed by atoms with E-state index in [1.165, 1.54) is 25.1 Å². The molecule has 0 heterocycles. The van der Waals surface area contributed by atoms with Crippen molar-refractivity contribution in [3.63, 3.8) is 0 Å². The first-order chi connectivity index (χ1) is 8.71. The average Bonchev–Trinajstić information content (AvgIpc) is 2.29. The van der Waals surface area contributed by atoms with Crippen molar-refractivity contribution >= 4 is 27.6 Å². The summed E-state index contributed by atoms with van der Waals surface area (Å²) in [6.07, 6.45) is -3.16. The Hall–Kier alpha value is -1.50. The molecule has 0 amide bonds. The van der Waals surface area contributed by atoms with Crippen molar-refractivity contribution in [2.45, 2.75) is 13.1 Å². The molecule has 19 heavy (non-hydrogen) atoms. The van der Waals surface area contributed by atoms with Crippen LogP contribution >= 0.6 is 15.9 Å². The topological polar surface area (TPSA) is 49.3 Å². The van der Waals surface area contributed by atoms with Gasteiger partial charge in [-0.2, -0.15) is 13.2 Å². The predicted octanol–water partition coefficient (Wildman–Crippen LogP) is 3.91. The molecular weight excluding hydrogens is 327 g/mol. The molecule has 0 spiro atoms. The van der Waals surface area contributed by atoms with Gasteiger partial charge < -0.3 is 10.4 Å². The van der Waals surface area contributed by atoms with E-state index in [4.69, 9.17) is 5.11 Å². The van der Waals surface area contributed by atoms with Crippen molar-refractivity contribution in [3.05, 3.63) is 39.9 Å². The van der Waals surface area contributed by atoms with E-state index in [1.54, 1.807) is 0 Å². The fraction of sp³-hybridized carbons (Fsp3) is 0.250. The summed E-state index contributed by atoms with van der Waals surface area (Å²) in [5.41, 5.74) is -0.827. The van der Waals surface area contributed by atoms with Crippen LogP contribution in [0.15, 0.2) is 34.3 Å². The van der Waals surface area contributed by atoms with Gasteiger partial charge in [-0.3, -0.25) is 0 Å². The molecule has 0 radical (unpaired) electrons. The molecule has 0 fully saturated rings. The zero-order valence-corrected chi connectivity index (χ0v) is 11.5. The summed E-state index contributed by atoms with van der Waals surface area (Å²) in [5, 5.41) is 11.2. The molecule has 0 bridgehead atoms. The first-order valence-electron chi connectivity index (χ1n) is 5.22. The highest BCUT2D eigenvalue weighted by atomic mass is 79.9. The minimum atomic E-state index is -4.47. The maximum Gasteiger partial charge on any atom is 0.418 e. The van der Waals surface area contributed by atoms with Crippen LogP contribution in [-0.4, -0.2) is 17.6 Å². The van der Waals surface area contributed by atoms with Crippen molar-refractivity contribution in [1.29, 1.82) is 0 Å². The minimum absolute atomic E-state index is 0.00282. The van der Waals surface area contributed by atoms with Crippen LogP contribution in [0.25, 0.3) is 0 Å². The third kappa shape index (κ3) is 4.59. The number of alkyl halides is 3. The number of nitrogens with one attached hydrogen (secondary N) is 1. The third-order valence-corrected chi connectivity index (χ3v) is 2.82. The van der Waals surface area contributed by atoms with Gasteiger partial charge in [-0.05, 0) is 25.1 Å². The monoisotopic (exact) mass is 337 g/mol. The van der Waals surface area contributed by atoms with Crippen LogP contribution in [0.4, 0.5) is 18.9 Å².